The summed E-state index contributed by atoms with van der Waals surface area (Å²) in [6.45, 7) is 0. The predicted molar refractivity (Wildman–Crippen MR) is 73.3 cm³/mol. The van der Waals surface area contributed by atoms with Crippen molar-refractivity contribution in [1.29, 1.82) is 0 Å². The molecule has 16 heavy (non-hydrogen) atoms. The van der Waals surface area contributed by atoms with Crippen LogP contribution in [0.2, 0.25) is 0 Å². The molecule has 0 saturated carbocycles. The molecule has 0 fully saturated rings. The van der Waals surface area contributed by atoms with Crippen molar-refractivity contribution < 1.29 is 13.5 Å². The van der Waals surface area contributed by atoms with Crippen molar-refractivity contribution >= 4 is 49.7 Å². The normalized spacial score (nSPS) is 17.8. The molecule has 0 saturated heterocycles. The summed E-state index contributed by atoms with van der Waals surface area (Å²) in [5.74, 6) is 0. The Kier molecular flexibility index (Phi) is 4.09. The van der Waals surface area contributed by atoms with Crippen LogP contribution in [0.4, 0.5) is 5.69 Å². The van der Waals surface area contributed by atoms with Gasteiger partial charge in [-0.1, -0.05) is 23.7 Å². The van der Waals surface area contributed by atoms with Crippen molar-refractivity contribution in [3.63, 3.8) is 0 Å². The maximum absolute atomic E-state index is 11.4. The Morgan fingerprint density at radius 2 is 2.12 bits per heavy atom. The molecule has 0 aromatic heterocycles. The first-order valence-electron chi connectivity index (χ1n) is 4.27. The van der Waals surface area contributed by atoms with E-state index < -0.39 is 18.2 Å². The zero-order chi connectivity index (χ0) is 12.6. The number of hydrogen-bond donors (Lipinski definition) is 2. The van der Waals surface area contributed by atoms with Gasteiger partial charge in [0.05, 0.1) is 0 Å². The standard InChI is InChI=1S/C9H11ClINO3S/c1-16(14,15)9(10,11)8(13)6-3-2-4-7(12)5-6/h2-5,8,13H,12H2,1H3/t8-,9+/m1/s1. The van der Waals surface area contributed by atoms with Gasteiger partial charge in [-0.25, -0.2) is 8.42 Å². The zero-order valence-electron chi connectivity index (χ0n) is 8.39. The van der Waals surface area contributed by atoms with E-state index in [1.807, 2.05) is 0 Å². The number of nitrogen functional groups attached to an aromatic ring is 1. The summed E-state index contributed by atoms with van der Waals surface area (Å²) < 4.78 is 21.1. The Hall–Kier alpha value is -0.0500. The van der Waals surface area contributed by atoms with Gasteiger partial charge in [0.25, 0.3) is 0 Å². The lowest BCUT2D eigenvalue weighted by atomic mass is 10.1. The van der Waals surface area contributed by atoms with Crippen LogP contribution in [0, 0.1) is 0 Å². The Morgan fingerprint density at radius 3 is 2.56 bits per heavy atom. The van der Waals surface area contributed by atoms with Crippen molar-refractivity contribution in [2.24, 2.45) is 0 Å². The van der Waals surface area contributed by atoms with Crippen molar-refractivity contribution in [2.45, 2.75) is 8.32 Å². The molecule has 0 spiro atoms. The Labute approximate surface area is 113 Å². The molecule has 7 heteroatoms. The second-order valence-electron chi connectivity index (χ2n) is 3.41. The summed E-state index contributed by atoms with van der Waals surface area (Å²) in [5, 5.41) is 9.93. The molecule has 0 amide bonds. The summed E-state index contributed by atoms with van der Waals surface area (Å²) in [4.78, 5) is 0. The molecule has 0 aliphatic rings. The van der Waals surface area contributed by atoms with E-state index in [4.69, 9.17) is 17.3 Å². The van der Waals surface area contributed by atoms with Gasteiger partial charge in [-0.2, -0.15) is 0 Å². The van der Waals surface area contributed by atoms with E-state index in [-0.39, 0.29) is 0 Å². The lowest BCUT2D eigenvalue weighted by Gasteiger charge is -2.24. The quantitative estimate of drug-likeness (QED) is 0.478. The van der Waals surface area contributed by atoms with Gasteiger partial charge in [0, 0.05) is 11.9 Å². The third-order valence-corrected chi connectivity index (χ3v) is 7.29. The number of hydrogen-bond acceptors (Lipinski definition) is 4. The number of rotatable bonds is 3. The molecule has 0 bridgehead atoms. The van der Waals surface area contributed by atoms with E-state index in [0.29, 0.717) is 11.3 Å². The molecule has 3 N–H and O–H groups in total. The van der Waals surface area contributed by atoms with Crippen molar-refractivity contribution in [3.8, 4) is 0 Å². The number of benzene rings is 1. The van der Waals surface area contributed by atoms with E-state index in [1.165, 1.54) is 28.7 Å². The van der Waals surface area contributed by atoms with Gasteiger partial charge in [-0.15, -0.1) is 0 Å². The fraction of sp³-hybridized carbons (Fsp3) is 0.333. The molecule has 0 heterocycles. The SMILES string of the molecule is CS(=O)(=O)[C@@](Cl)(I)[C@H](O)c1cccc(N)c1. The van der Waals surface area contributed by atoms with Crippen LogP contribution in [-0.2, 0) is 9.84 Å². The fourth-order valence-corrected chi connectivity index (χ4v) is 2.15. The second kappa shape index (κ2) is 4.67. The molecule has 1 aromatic rings. The minimum absolute atomic E-state index is 0.370. The van der Waals surface area contributed by atoms with E-state index in [9.17, 15) is 13.5 Å². The van der Waals surface area contributed by atoms with Crippen LogP contribution < -0.4 is 5.73 Å². The summed E-state index contributed by atoms with van der Waals surface area (Å²) >= 11 is 7.37. The number of halogens is 2. The lowest BCUT2D eigenvalue weighted by molar-refractivity contribution is 0.188. The van der Waals surface area contributed by atoms with Crippen molar-refractivity contribution in [3.05, 3.63) is 29.8 Å². The third kappa shape index (κ3) is 2.79. The lowest BCUT2D eigenvalue weighted by Crippen LogP contribution is -2.32. The van der Waals surface area contributed by atoms with E-state index in [0.717, 1.165) is 6.26 Å². The summed E-state index contributed by atoms with van der Waals surface area (Å²) in [5.41, 5.74) is 6.35. The molecule has 1 rings (SSSR count). The Morgan fingerprint density at radius 1 is 1.56 bits per heavy atom. The van der Waals surface area contributed by atoms with Gasteiger partial charge < -0.3 is 10.8 Å². The summed E-state index contributed by atoms with van der Waals surface area (Å²) in [7, 11) is -3.60. The minimum Gasteiger partial charge on any atom is -0.399 e. The van der Waals surface area contributed by atoms with Crippen LogP contribution in [0.15, 0.2) is 24.3 Å². The Bertz CT molecular complexity index is 489. The number of aliphatic hydroxyl groups is 1. The van der Waals surface area contributed by atoms with Crippen molar-refractivity contribution in [2.75, 3.05) is 12.0 Å². The van der Waals surface area contributed by atoms with Crippen LogP contribution in [0.25, 0.3) is 0 Å². The third-order valence-electron chi connectivity index (χ3n) is 2.04. The monoisotopic (exact) mass is 375 g/mol. The first kappa shape index (κ1) is 14.0. The maximum Gasteiger partial charge on any atom is 0.224 e. The van der Waals surface area contributed by atoms with Gasteiger partial charge in [0.1, 0.15) is 6.10 Å². The highest BCUT2D eigenvalue weighted by atomic mass is 127. The zero-order valence-corrected chi connectivity index (χ0v) is 12.1. The predicted octanol–water partition coefficient (Wildman–Crippen LogP) is 1.67. The topological polar surface area (TPSA) is 80.4 Å². The fourth-order valence-electron chi connectivity index (χ4n) is 1.13. The van der Waals surface area contributed by atoms with Crippen LogP contribution >= 0.6 is 34.2 Å². The average Bonchev–Trinajstić information content (AvgIpc) is 2.14. The van der Waals surface area contributed by atoms with Crippen LogP contribution in [0.3, 0.4) is 0 Å². The van der Waals surface area contributed by atoms with E-state index in [1.54, 1.807) is 18.2 Å². The summed E-state index contributed by atoms with van der Waals surface area (Å²) in [6.07, 6.45) is -0.365. The van der Waals surface area contributed by atoms with E-state index in [2.05, 4.69) is 0 Å². The van der Waals surface area contributed by atoms with Crippen molar-refractivity contribution in [1.82, 2.24) is 0 Å². The number of anilines is 1. The first-order valence-corrected chi connectivity index (χ1v) is 7.62. The highest BCUT2D eigenvalue weighted by Gasteiger charge is 2.44. The van der Waals surface area contributed by atoms with Gasteiger partial charge in [-0.3, -0.25) is 0 Å². The average molecular weight is 376 g/mol. The Balaban J connectivity index is 3.17. The number of aliphatic hydroxyl groups excluding tert-OH is 1. The molecule has 0 unspecified atom stereocenters. The molecule has 90 valence electrons. The van der Waals surface area contributed by atoms with Crippen LogP contribution in [0.1, 0.15) is 11.7 Å². The second-order valence-corrected chi connectivity index (χ2v) is 9.49. The highest BCUT2D eigenvalue weighted by Crippen LogP contribution is 2.42. The van der Waals surface area contributed by atoms with Gasteiger partial charge in [0.15, 0.2) is 9.84 Å². The largest absolute Gasteiger partial charge is 0.399 e. The smallest absolute Gasteiger partial charge is 0.224 e. The minimum atomic E-state index is -3.60. The van der Waals surface area contributed by atoms with E-state index >= 15 is 0 Å². The number of nitrogens with two attached hydrogens (primary N) is 1. The molecule has 0 aliphatic heterocycles. The van der Waals surface area contributed by atoms with Gasteiger partial charge >= 0.3 is 0 Å². The number of sulfone groups is 1. The molecule has 1 aromatic carbocycles. The highest BCUT2D eigenvalue weighted by molar-refractivity contribution is 14.1. The van der Waals surface area contributed by atoms with Crippen LogP contribution in [-0.4, -0.2) is 22.0 Å². The summed E-state index contributed by atoms with van der Waals surface area (Å²) in [6, 6.07) is 6.33. The number of alkyl halides is 2. The first-order chi connectivity index (χ1) is 7.16. The molecular formula is C9H11ClINO3S. The van der Waals surface area contributed by atoms with Gasteiger partial charge in [0.2, 0.25) is 2.21 Å². The molecule has 4 nitrogen and oxygen atoms in total. The molecule has 0 radical (unpaired) electrons. The maximum atomic E-state index is 11.4. The molecular weight excluding hydrogens is 365 g/mol. The van der Waals surface area contributed by atoms with Crippen LogP contribution in [0.5, 0.6) is 0 Å². The van der Waals surface area contributed by atoms with Gasteiger partial charge in [-0.05, 0) is 40.3 Å². The molecule has 2 atom stereocenters. The molecule has 0 aliphatic carbocycles.